The van der Waals surface area contributed by atoms with Crippen molar-refractivity contribution in [3.8, 4) is 0 Å². The number of rotatable bonds is 6. The maximum atomic E-state index is 12.7. The summed E-state index contributed by atoms with van der Waals surface area (Å²) in [6, 6.07) is 8.57. The van der Waals surface area contributed by atoms with Crippen LogP contribution >= 0.6 is 0 Å². The minimum atomic E-state index is -0.607. The summed E-state index contributed by atoms with van der Waals surface area (Å²) in [4.78, 5) is 30.2. The molecule has 1 amide bonds. The number of nitrogens with zero attached hydrogens (tertiary/aromatic N) is 2. The van der Waals surface area contributed by atoms with Crippen molar-refractivity contribution in [2.75, 3.05) is 6.61 Å². The number of hydrogen-bond acceptors (Lipinski definition) is 5. The third-order valence-corrected chi connectivity index (χ3v) is 4.01. The number of ether oxygens (including phenoxy) is 1. The number of aromatic nitrogens is 1. The Bertz CT molecular complexity index is 738. The van der Waals surface area contributed by atoms with Gasteiger partial charge in [-0.2, -0.15) is 0 Å². The lowest BCUT2D eigenvalue weighted by Crippen LogP contribution is -2.34. The van der Waals surface area contributed by atoms with E-state index in [0.717, 1.165) is 31.4 Å². The van der Waals surface area contributed by atoms with E-state index in [1.165, 1.54) is 6.20 Å². The van der Waals surface area contributed by atoms with Crippen molar-refractivity contribution < 1.29 is 18.7 Å². The molecule has 2 heterocycles. The molecular weight excluding hydrogens is 320 g/mol. The Balaban J connectivity index is 1.66. The van der Waals surface area contributed by atoms with Crippen molar-refractivity contribution in [2.24, 2.45) is 0 Å². The molecule has 3 rings (SSSR count). The summed E-state index contributed by atoms with van der Waals surface area (Å²) in [6.45, 7) is 0.00621. The third kappa shape index (κ3) is 4.56. The van der Waals surface area contributed by atoms with Crippen LogP contribution in [0.2, 0.25) is 0 Å². The van der Waals surface area contributed by atoms with Gasteiger partial charge in [0.15, 0.2) is 6.61 Å². The largest absolute Gasteiger partial charge is 0.467 e. The highest BCUT2D eigenvalue weighted by Gasteiger charge is 2.22. The zero-order valence-electron chi connectivity index (χ0n) is 13.9. The Morgan fingerprint density at radius 2 is 2.12 bits per heavy atom. The minimum Gasteiger partial charge on any atom is -0.467 e. The third-order valence-electron chi connectivity index (χ3n) is 4.01. The second kappa shape index (κ2) is 8.28. The summed E-state index contributed by atoms with van der Waals surface area (Å²) in [5.74, 6) is -0.186. The van der Waals surface area contributed by atoms with E-state index in [9.17, 15) is 9.59 Å². The highest BCUT2D eigenvalue weighted by Crippen LogP contribution is 2.23. The molecule has 130 valence electrons. The van der Waals surface area contributed by atoms with Crippen LogP contribution in [0, 0.1) is 0 Å². The molecule has 0 radical (unpaired) electrons. The van der Waals surface area contributed by atoms with Gasteiger partial charge in [0.1, 0.15) is 11.5 Å². The van der Waals surface area contributed by atoms with Gasteiger partial charge in [0, 0.05) is 11.9 Å². The lowest BCUT2D eigenvalue weighted by Gasteiger charge is -2.26. The molecule has 0 saturated carbocycles. The van der Waals surface area contributed by atoms with Gasteiger partial charge in [-0.3, -0.25) is 4.79 Å². The fourth-order valence-corrected chi connectivity index (χ4v) is 2.74. The van der Waals surface area contributed by atoms with Crippen molar-refractivity contribution in [3.05, 3.63) is 66.0 Å². The number of esters is 1. The van der Waals surface area contributed by atoms with E-state index in [1.807, 2.05) is 6.07 Å². The molecule has 1 aliphatic rings. The maximum Gasteiger partial charge on any atom is 0.357 e. The molecule has 6 nitrogen and oxygen atoms in total. The molecule has 0 bridgehead atoms. The Morgan fingerprint density at radius 3 is 2.80 bits per heavy atom. The van der Waals surface area contributed by atoms with Crippen LogP contribution in [0.1, 0.15) is 41.9 Å². The summed E-state index contributed by atoms with van der Waals surface area (Å²) in [7, 11) is 0. The molecule has 25 heavy (non-hydrogen) atoms. The lowest BCUT2D eigenvalue weighted by molar-refractivity contribution is -0.133. The smallest absolute Gasteiger partial charge is 0.357 e. The van der Waals surface area contributed by atoms with E-state index in [-0.39, 0.29) is 18.2 Å². The van der Waals surface area contributed by atoms with Gasteiger partial charge in [0.25, 0.3) is 5.91 Å². The number of hydrogen-bond donors (Lipinski definition) is 0. The average Bonchev–Trinajstić information content (AvgIpc) is 3.18. The van der Waals surface area contributed by atoms with Crippen molar-refractivity contribution in [2.45, 2.75) is 32.2 Å². The first kappa shape index (κ1) is 17.0. The van der Waals surface area contributed by atoms with Crippen LogP contribution < -0.4 is 0 Å². The van der Waals surface area contributed by atoms with Crippen molar-refractivity contribution in [3.63, 3.8) is 0 Å². The highest BCUT2D eigenvalue weighted by atomic mass is 16.5. The average molecular weight is 340 g/mol. The second-order valence-electron chi connectivity index (χ2n) is 5.79. The minimum absolute atomic E-state index is 0.185. The van der Waals surface area contributed by atoms with Crippen LogP contribution in [-0.2, 0) is 16.1 Å². The normalized spacial score (nSPS) is 13.8. The van der Waals surface area contributed by atoms with E-state index < -0.39 is 5.97 Å². The monoisotopic (exact) mass is 340 g/mol. The lowest BCUT2D eigenvalue weighted by atomic mass is 10.0. The van der Waals surface area contributed by atoms with E-state index >= 15 is 0 Å². The Kier molecular flexibility index (Phi) is 5.61. The van der Waals surface area contributed by atoms with E-state index in [1.54, 1.807) is 35.4 Å². The number of furan rings is 1. The summed E-state index contributed by atoms with van der Waals surface area (Å²) in [6.07, 6.45) is 9.11. The molecule has 0 fully saturated rings. The predicted molar refractivity (Wildman–Crippen MR) is 90.3 cm³/mol. The second-order valence-corrected chi connectivity index (χ2v) is 5.79. The Morgan fingerprint density at radius 1 is 1.20 bits per heavy atom. The molecule has 2 aromatic heterocycles. The molecular formula is C19H20N2O4. The Hall–Kier alpha value is -2.89. The van der Waals surface area contributed by atoms with Crippen LogP contribution in [0.25, 0.3) is 0 Å². The van der Waals surface area contributed by atoms with Gasteiger partial charge < -0.3 is 14.1 Å². The van der Waals surface area contributed by atoms with E-state index in [2.05, 4.69) is 11.1 Å². The SMILES string of the molecule is O=C(OCC(=O)N(Cc1ccco1)C1=CCCCC1)c1ccccn1. The fraction of sp³-hybridized carbons (Fsp3) is 0.316. The van der Waals surface area contributed by atoms with Crippen LogP contribution in [0.3, 0.4) is 0 Å². The first-order valence-electron chi connectivity index (χ1n) is 8.34. The number of allylic oxidation sites excluding steroid dienone is 2. The number of carbonyl (C=O) groups excluding carboxylic acids is 2. The van der Waals surface area contributed by atoms with Gasteiger partial charge in [-0.1, -0.05) is 12.1 Å². The molecule has 0 unspecified atom stereocenters. The quantitative estimate of drug-likeness (QED) is 0.754. The molecule has 0 saturated heterocycles. The van der Waals surface area contributed by atoms with Gasteiger partial charge in [-0.25, -0.2) is 9.78 Å². The van der Waals surface area contributed by atoms with Gasteiger partial charge in [-0.05, 0) is 49.9 Å². The highest BCUT2D eigenvalue weighted by molar-refractivity contribution is 5.89. The van der Waals surface area contributed by atoms with E-state index in [4.69, 9.17) is 9.15 Å². The van der Waals surface area contributed by atoms with Crippen molar-refractivity contribution in [1.82, 2.24) is 9.88 Å². The van der Waals surface area contributed by atoms with Gasteiger partial charge in [0.2, 0.25) is 0 Å². The van der Waals surface area contributed by atoms with Crippen molar-refractivity contribution in [1.29, 1.82) is 0 Å². The Labute approximate surface area is 146 Å². The van der Waals surface area contributed by atoms with Crippen LogP contribution in [0.15, 0.2) is 59.0 Å². The molecule has 0 N–H and O–H groups in total. The molecule has 2 aromatic rings. The number of pyridine rings is 1. The molecule has 1 aliphatic carbocycles. The first-order valence-corrected chi connectivity index (χ1v) is 8.34. The predicted octanol–water partition coefficient (Wildman–Crippen LogP) is 3.32. The van der Waals surface area contributed by atoms with Gasteiger partial charge in [-0.15, -0.1) is 0 Å². The molecule has 0 aromatic carbocycles. The number of carbonyl (C=O) groups is 2. The summed E-state index contributed by atoms with van der Waals surface area (Å²) >= 11 is 0. The maximum absolute atomic E-state index is 12.7. The van der Waals surface area contributed by atoms with Gasteiger partial charge >= 0.3 is 5.97 Å². The van der Waals surface area contributed by atoms with Crippen molar-refractivity contribution >= 4 is 11.9 Å². The van der Waals surface area contributed by atoms with Crippen LogP contribution in [0.5, 0.6) is 0 Å². The topological polar surface area (TPSA) is 72.6 Å². The standard InChI is InChI=1S/C19H20N2O4/c22-18(14-25-19(23)17-10-4-5-11-20-17)21(13-16-9-6-12-24-16)15-7-2-1-3-8-15/h4-7,9-12H,1-3,8,13-14H2. The van der Waals surface area contributed by atoms with E-state index in [0.29, 0.717) is 12.3 Å². The van der Waals surface area contributed by atoms with Crippen LogP contribution in [0.4, 0.5) is 0 Å². The first-order chi connectivity index (χ1) is 12.2. The summed E-state index contributed by atoms with van der Waals surface area (Å²) in [5, 5.41) is 0. The molecule has 0 aliphatic heterocycles. The number of amides is 1. The molecule has 0 spiro atoms. The summed E-state index contributed by atoms with van der Waals surface area (Å²) < 4.78 is 10.5. The van der Waals surface area contributed by atoms with Gasteiger partial charge in [0.05, 0.1) is 12.8 Å². The zero-order chi connectivity index (χ0) is 17.5. The molecule has 0 atom stereocenters. The van der Waals surface area contributed by atoms with Crippen LogP contribution in [-0.4, -0.2) is 28.4 Å². The summed E-state index contributed by atoms with van der Waals surface area (Å²) in [5.41, 5.74) is 1.14. The molecule has 6 heteroatoms. The zero-order valence-corrected chi connectivity index (χ0v) is 13.9. The fourth-order valence-electron chi connectivity index (χ4n) is 2.74.